The SMILES string of the molecule is [N-]=[N+]=Nc1c(C(=O)O)c(=O)c2cc(F)c(N3CCNCC3)cc2n1C1CC1. The van der Waals surface area contributed by atoms with Gasteiger partial charge in [0, 0.05) is 42.5 Å². The maximum Gasteiger partial charge on any atom is 0.341 e. The lowest BCUT2D eigenvalue weighted by atomic mass is 10.1. The van der Waals surface area contributed by atoms with Crippen LogP contribution in [0.2, 0.25) is 0 Å². The van der Waals surface area contributed by atoms with E-state index in [2.05, 4.69) is 15.3 Å². The van der Waals surface area contributed by atoms with Crippen LogP contribution in [0.3, 0.4) is 0 Å². The monoisotopic (exact) mass is 372 g/mol. The zero-order valence-electron chi connectivity index (χ0n) is 14.4. The Labute approximate surface area is 152 Å². The van der Waals surface area contributed by atoms with Gasteiger partial charge in [-0.25, -0.2) is 9.18 Å². The van der Waals surface area contributed by atoms with Crippen LogP contribution in [0.4, 0.5) is 15.9 Å². The smallest absolute Gasteiger partial charge is 0.341 e. The fourth-order valence-corrected chi connectivity index (χ4v) is 3.59. The first-order chi connectivity index (χ1) is 13.0. The van der Waals surface area contributed by atoms with Gasteiger partial charge in [0.05, 0.1) is 11.2 Å². The third-order valence-corrected chi connectivity index (χ3v) is 4.97. The number of carboxylic acids is 1. The first kappa shape index (κ1) is 17.3. The van der Waals surface area contributed by atoms with Crippen LogP contribution >= 0.6 is 0 Å². The van der Waals surface area contributed by atoms with Gasteiger partial charge in [-0.3, -0.25) is 4.79 Å². The largest absolute Gasteiger partial charge is 0.477 e. The van der Waals surface area contributed by atoms with Gasteiger partial charge in [-0.2, -0.15) is 0 Å². The van der Waals surface area contributed by atoms with E-state index in [0.29, 0.717) is 24.3 Å². The average molecular weight is 372 g/mol. The van der Waals surface area contributed by atoms with Crippen LogP contribution in [-0.4, -0.2) is 41.8 Å². The van der Waals surface area contributed by atoms with Crippen LogP contribution in [0.15, 0.2) is 22.0 Å². The van der Waals surface area contributed by atoms with E-state index in [4.69, 9.17) is 5.53 Å². The Morgan fingerprint density at radius 1 is 1.33 bits per heavy atom. The Bertz CT molecular complexity index is 1050. The van der Waals surface area contributed by atoms with E-state index in [1.165, 1.54) is 0 Å². The number of anilines is 1. The number of carbonyl (C=O) groups is 1. The Hall–Kier alpha value is -3.10. The molecule has 1 saturated carbocycles. The van der Waals surface area contributed by atoms with Gasteiger partial charge in [0.1, 0.15) is 17.2 Å². The molecule has 1 saturated heterocycles. The van der Waals surface area contributed by atoms with Crippen molar-refractivity contribution in [1.29, 1.82) is 0 Å². The summed E-state index contributed by atoms with van der Waals surface area (Å²) in [5.74, 6) is -2.29. The number of piperazine rings is 1. The average Bonchev–Trinajstić information content (AvgIpc) is 3.48. The molecule has 2 heterocycles. The number of azide groups is 1. The molecule has 1 aliphatic heterocycles. The van der Waals surface area contributed by atoms with Gasteiger partial charge < -0.3 is 19.9 Å². The fraction of sp³-hybridized carbons (Fsp3) is 0.412. The molecule has 1 aromatic carbocycles. The van der Waals surface area contributed by atoms with E-state index in [-0.39, 0.29) is 17.2 Å². The highest BCUT2D eigenvalue weighted by atomic mass is 19.1. The molecule has 0 bridgehead atoms. The topological polar surface area (TPSA) is 123 Å². The number of carboxylic acid groups (broad SMARTS) is 1. The molecule has 0 spiro atoms. The molecule has 9 nitrogen and oxygen atoms in total. The molecule has 0 unspecified atom stereocenters. The van der Waals surface area contributed by atoms with Gasteiger partial charge in [0.15, 0.2) is 0 Å². The van der Waals surface area contributed by atoms with Gasteiger partial charge in [0.2, 0.25) is 5.43 Å². The zero-order chi connectivity index (χ0) is 19.1. The summed E-state index contributed by atoms with van der Waals surface area (Å²) in [6.07, 6.45) is 1.54. The Kier molecular flexibility index (Phi) is 4.21. The van der Waals surface area contributed by atoms with Crippen molar-refractivity contribution in [1.82, 2.24) is 9.88 Å². The van der Waals surface area contributed by atoms with Crippen LogP contribution < -0.4 is 15.6 Å². The quantitative estimate of drug-likeness (QED) is 0.485. The van der Waals surface area contributed by atoms with Crippen molar-refractivity contribution in [2.75, 3.05) is 31.1 Å². The van der Waals surface area contributed by atoms with Gasteiger partial charge in [-0.05, 0) is 35.6 Å². The van der Waals surface area contributed by atoms with Crippen LogP contribution in [0.1, 0.15) is 29.2 Å². The molecule has 2 aromatic rings. The van der Waals surface area contributed by atoms with E-state index >= 15 is 0 Å². The number of aromatic nitrogens is 1. The predicted molar refractivity (Wildman–Crippen MR) is 97.3 cm³/mol. The van der Waals surface area contributed by atoms with Crippen LogP contribution in [0.25, 0.3) is 21.3 Å². The summed E-state index contributed by atoms with van der Waals surface area (Å²) in [5.41, 5.74) is 8.17. The fourth-order valence-electron chi connectivity index (χ4n) is 3.59. The molecule has 1 aromatic heterocycles. The number of hydrogen-bond acceptors (Lipinski definition) is 5. The van der Waals surface area contributed by atoms with Crippen molar-refractivity contribution < 1.29 is 14.3 Å². The van der Waals surface area contributed by atoms with Gasteiger partial charge in [0.25, 0.3) is 0 Å². The molecule has 0 amide bonds. The summed E-state index contributed by atoms with van der Waals surface area (Å²) in [6.45, 7) is 2.67. The first-order valence-corrected chi connectivity index (χ1v) is 8.68. The van der Waals surface area contributed by atoms with Crippen LogP contribution in [0.5, 0.6) is 0 Å². The summed E-state index contributed by atoms with van der Waals surface area (Å²) in [5, 5.41) is 16.2. The number of aromatic carboxylic acids is 1. The molecule has 0 atom stereocenters. The number of hydrogen-bond donors (Lipinski definition) is 2. The molecule has 2 fully saturated rings. The predicted octanol–water partition coefficient (Wildman–Crippen LogP) is 2.53. The Morgan fingerprint density at radius 3 is 2.63 bits per heavy atom. The first-order valence-electron chi connectivity index (χ1n) is 8.68. The van der Waals surface area contributed by atoms with E-state index in [0.717, 1.165) is 32.0 Å². The third-order valence-electron chi connectivity index (χ3n) is 4.97. The summed E-state index contributed by atoms with van der Waals surface area (Å²) in [4.78, 5) is 29.0. The molecule has 1 aliphatic carbocycles. The van der Waals surface area contributed by atoms with Crippen molar-refractivity contribution >= 4 is 28.4 Å². The minimum Gasteiger partial charge on any atom is -0.477 e. The van der Waals surface area contributed by atoms with E-state index in [9.17, 15) is 19.1 Å². The van der Waals surface area contributed by atoms with Crippen LogP contribution in [0, 0.1) is 5.82 Å². The number of nitrogens with one attached hydrogen (secondary N) is 1. The van der Waals surface area contributed by atoms with Crippen molar-refractivity contribution in [2.45, 2.75) is 18.9 Å². The number of pyridine rings is 1. The maximum absolute atomic E-state index is 14.8. The lowest BCUT2D eigenvalue weighted by molar-refractivity contribution is 0.0696. The Balaban J connectivity index is 2.06. The molecule has 27 heavy (non-hydrogen) atoms. The van der Waals surface area contributed by atoms with E-state index in [1.807, 2.05) is 4.90 Å². The van der Waals surface area contributed by atoms with Gasteiger partial charge >= 0.3 is 5.97 Å². The molecule has 2 aliphatic rings. The summed E-state index contributed by atoms with van der Waals surface area (Å²) in [6, 6.07) is 2.59. The van der Waals surface area contributed by atoms with Gasteiger partial charge in [-0.15, -0.1) is 0 Å². The second-order valence-corrected chi connectivity index (χ2v) is 6.68. The molecule has 0 radical (unpaired) electrons. The normalized spacial score (nSPS) is 17.0. The lowest BCUT2D eigenvalue weighted by Gasteiger charge is -2.30. The second-order valence-electron chi connectivity index (χ2n) is 6.68. The zero-order valence-corrected chi connectivity index (χ0v) is 14.4. The number of nitrogens with zero attached hydrogens (tertiary/aromatic N) is 5. The summed E-state index contributed by atoms with van der Waals surface area (Å²) in [7, 11) is 0. The van der Waals surface area contributed by atoms with Crippen molar-refractivity contribution in [3.63, 3.8) is 0 Å². The van der Waals surface area contributed by atoms with Crippen molar-refractivity contribution in [3.05, 3.63) is 44.2 Å². The minimum absolute atomic E-state index is 0.0208. The van der Waals surface area contributed by atoms with Crippen molar-refractivity contribution in [2.24, 2.45) is 5.11 Å². The minimum atomic E-state index is -1.50. The highest BCUT2D eigenvalue weighted by Gasteiger charge is 2.31. The summed E-state index contributed by atoms with van der Waals surface area (Å²) >= 11 is 0. The van der Waals surface area contributed by atoms with E-state index in [1.54, 1.807) is 10.6 Å². The molecular weight excluding hydrogens is 355 g/mol. The highest BCUT2D eigenvalue weighted by molar-refractivity contribution is 5.98. The third kappa shape index (κ3) is 2.88. The van der Waals surface area contributed by atoms with Crippen molar-refractivity contribution in [3.8, 4) is 0 Å². The second kappa shape index (κ2) is 6.57. The van der Waals surface area contributed by atoms with Gasteiger partial charge in [-0.1, -0.05) is 0 Å². The number of fused-ring (bicyclic) bond motifs is 1. The molecule has 4 rings (SSSR count). The maximum atomic E-state index is 14.8. The van der Waals surface area contributed by atoms with Crippen LogP contribution in [-0.2, 0) is 0 Å². The summed E-state index contributed by atoms with van der Waals surface area (Å²) < 4.78 is 16.3. The molecule has 10 heteroatoms. The molecular formula is C17H17FN6O3. The standard InChI is InChI=1S/C17H17FN6O3/c18-11-7-10-12(8-13(11)23-5-3-20-4-6-23)24(9-1-2-9)16(21-22-19)14(15(10)25)17(26)27/h7-9,20H,1-6H2,(H,26,27). The number of rotatable bonds is 4. The Morgan fingerprint density at radius 2 is 2.04 bits per heavy atom. The lowest BCUT2D eigenvalue weighted by Crippen LogP contribution is -2.43. The molecule has 2 N–H and O–H groups in total. The number of halogens is 1. The molecule has 140 valence electrons. The highest BCUT2D eigenvalue weighted by Crippen LogP contribution is 2.42. The number of benzene rings is 1. The van der Waals surface area contributed by atoms with E-state index < -0.39 is 22.8 Å².